The Labute approximate surface area is 108 Å². The van der Waals surface area contributed by atoms with Gasteiger partial charge in [-0.25, -0.2) is 0 Å². The molecule has 18 heavy (non-hydrogen) atoms. The molecule has 1 aromatic rings. The lowest BCUT2D eigenvalue weighted by atomic mass is 10.2. The Morgan fingerprint density at radius 3 is 2.39 bits per heavy atom. The molecular weight excluding hydrogens is 230 g/mol. The van der Waals surface area contributed by atoms with Gasteiger partial charge in [-0.3, -0.25) is 4.79 Å². The van der Waals surface area contributed by atoms with E-state index in [1.807, 2.05) is 24.3 Å². The van der Waals surface area contributed by atoms with Crippen LogP contribution < -0.4 is 10.1 Å². The highest BCUT2D eigenvalue weighted by Crippen LogP contribution is 2.16. The van der Waals surface area contributed by atoms with Gasteiger partial charge in [0.05, 0.1) is 12.5 Å². The summed E-state index contributed by atoms with van der Waals surface area (Å²) >= 11 is 0. The largest absolute Gasteiger partial charge is 0.493 e. The van der Waals surface area contributed by atoms with Gasteiger partial charge in [-0.1, -0.05) is 20.8 Å². The van der Waals surface area contributed by atoms with E-state index < -0.39 is 11.9 Å². The second-order valence-corrected chi connectivity index (χ2v) is 4.85. The molecule has 100 valence electrons. The second-order valence-electron chi connectivity index (χ2n) is 4.85. The lowest BCUT2D eigenvalue weighted by Gasteiger charge is -2.11. The number of aliphatic carboxylic acids is 1. The van der Waals surface area contributed by atoms with Crippen molar-refractivity contribution < 1.29 is 14.6 Å². The van der Waals surface area contributed by atoms with E-state index in [-0.39, 0.29) is 0 Å². The zero-order valence-electron chi connectivity index (χ0n) is 11.1. The number of ether oxygens (including phenoxy) is 1. The molecule has 0 fully saturated rings. The molecule has 2 N–H and O–H groups in total. The van der Waals surface area contributed by atoms with Gasteiger partial charge in [0.15, 0.2) is 0 Å². The molecular formula is C14H21NO3. The van der Waals surface area contributed by atoms with Crippen molar-refractivity contribution in [2.24, 2.45) is 11.8 Å². The van der Waals surface area contributed by atoms with Gasteiger partial charge in [-0.15, -0.1) is 0 Å². The summed E-state index contributed by atoms with van der Waals surface area (Å²) in [5, 5.41) is 11.8. The Morgan fingerprint density at radius 1 is 1.28 bits per heavy atom. The quantitative estimate of drug-likeness (QED) is 0.782. The summed E-state index contributed by atoms with van der Waals surface area (Å²) in [6.45, 7) is 6.99. The van der Waals surface area contributed by atoms with E-state index >= 15 is 0 Å². The van der Waals surface area contributed by atoms with E-state index in [2.05, 4.69) is 19.2 Å². The van der Waals surface area contributed by atoms with Crippen molar-refractivity contribution in [1.82, 2.24) is 0 Å². The molecule has 4 heteroatoms. The molecule has 1 atom stereocenters. The minimum absolute atomic E-state index is 0.401. The van der Waals surface area contributed by atoms with Crippen molar-refractivity contribution in [3.63, 3.8) is 0 Å². The first kappa shape index (κ1) is 14.4. The maximum absolute atomic E-state index is 10.7. The van der Waals surface area contributed by atoms with E-state index in [0.717, 1.165) is 11.4 Å². The van der Waals surface area contributed by atoms with Crippen LogP contribution in [0.2, 0.25) is 0 Å². The van der Waals surface area contributed by atoms with Crippen LogP contribution in [-0.4, -0.2) is 24.2 Å². The van der Waals surface area contributed by atoms with E-state index in [1.54, 1.807) is 6.92 Å². The third-order valence-corrected chi connectivity index (χ3v) is 2.47. The van der Waals surface area contributed by atoms with Gasteiger partial charge in [-0.05, 0) is 30.2 Å². The van der Waals surface area contributed by atoms with E-state index in [4.69, 9.17) is 9.84 Å². The van der Waals surface area contributed by atoms with Gasteiger partial charge in [-0.2, -0.15) is 0 Å². The zero-order chi connectivity index (χ0) is 13.5. The number of benzene rings is 1. The molecule has 0 saturated heterocycles. The van der Waals surface area contributed by atoms with Crippen molar-refractivity contribution in [2.45, 2.75) is 20.8 Å². The zero-order valence-corrected chi connectivity index (χ0v) is 11.1. The van der Waals surface area contributed by atoms with Gasteiger partial charge in [0.2, 0.25) is 0 Å². The number of rotatable bonds is 7. The molecule has 1 rings (SSSR count). The molecule has 0 aliphatic rings. The summed E-state index contributed by atoms with van der Waals surface area (Å²) in [6, 6.07) is 7.56. The molecule has 0 amide bonds. The van der Waals surface area contributed by atoms with Gasteiger partial charge in [0.25, 0.3) is 0 Å². The van der Waals surface area contributed by atoms with Crippen molar-refractivity contribution in [1.29, 1.82) is 0 Å². The Hall–Kier alpha value is -1.71. The fourth-order valence-electron chi connectivity index (χ4n) is 1.29. The maximum atomic E-state index is 10.7. The Kier molecular flexibility index (Phi) is 5.49. The number of nitrogens with one attached hydrogen (secondary N) is 1. The van der Waals surface area contributed by atoms with Crippen molar-refractivity contribution in [2.75, 3.05) is 18.5 Å². The molecule has 0 spiro atoms. The first-order valence-corrected chi connectivity index (χ1v) is 6.18. The SMILES string of the molecule is CC(C)COc1ccc(NCC(C)C(=O)O)cc1. The lowest BCUT2D eigenvalue weighted by Crippen LogP contribution is -2.19. The summed E-state index contributed by atoms with van der Waals surface area (Å²) < 4.78 is 5.56. The van der Waals surface area contributed by atoms with E-state index in [1.165, 1.54) is 0 Å². The predicted octanol–water partition coefficient (Wildman–Crippen LogP) is 2.85. The van der Waals surface area contributed by atoms with Crippen LogP contribution >= 0.6 is 0 Å². The summed E-state index contributed by atoms with van der Waals surface area (Å²) in [5.41, 5.74) is 0.903. The van der Waals surface area contributed by atoms with Crippen LogP contribution in [0.4, 0.5) is 5.69 Å². The fourth-order valence-corrected chi connectivity index (χ4v) is 1.29. The van der Waals surface area contributed by atoms with Gasteiger partial charge < -0.3 is 15.2 Å². The van der Waals surface area contributed by atoms with Crippen LogP contribution in [0.3, 0.4) is 0 Å². The van der Waals surface area contributed by atoms with Gasteiger partial charge in [0.1, 0.15) is 5.75 Å². The fraction of sp³-hybridized carbons (Fsp3) is 0.500. The predicted molar refractivity (Wildman–Crippen MR) is 72.1 cm³/mol. The van der Waals surface area contributed by atoms with Crippen LogP contribution in [-0.2, 0) is 4.79 Å². The summed E-state index contributed by atoms with van der Waals surface area (Å²) in [7, 11) is 0. The van der Waals surface area contributed by atoms with Crippen LogP contribution in [0.1, 0.15) is 20.8 Å². The van der Waals surface area contributed by atoms with Crippen LogP contribution in [0.5, 0.6) is 5.75 Å². The van der Waals surface area contributed by atoms with E-state index in [9.17, 15) is 4.79 Å². The molecule has 1 unspecified atom stereocenters. The number of hydrogen-bond acceptors (Lipinski definition) is 3. The van der Waals surface area contributed by atoms with E-state index in [0.29, 0.717) is 19.1 Å². The number of carbonyl (C=O) groups is 1. The first-order valence-electron chi connectivity index (χ1n) is 6.18. The number of carboxylic acids is 1. The van der Waals surface area contributed by atoms with Gasteiger partial charge >= 0.3 is 5.97 Å². The topological polar surface area (TPSA) is 58.6 Å². The molecule has 0 aliphatic heterocycles. The first-order chi connectivity index (χ1) is 8.49. The highest BCUT2D eigenvalue weighted by atomic mass is 16.5. The van der Waals surface area contributed by atoms with Crippen molar-refractivity contribution >= 4 is 11.7 Å². The monoisotopic (exact) mass is 251 g/mol. The second kappa shape index (κ2) is 6.89. The number of carboxylic acid groups (broad SMARTS) is 1. The highest BCUT2D eigenvalue weighted by molar-refractivity contribution is 5.70. The smallest absolute Gasteiger partial charge is 0.308 e. The Bertz CT molecular complexity index is 373. The van der Waals surface area contributed by atoms with Crippen LogP contribution in [0.25, 0.3) is 0 Å². The molecule has 0 aliphatic carbocycles. The van der Waals surface area contributed by atoms with Crippen molar-refractivity contribution in [3.8, 4) is 5.75 Å². The Balaban J connectivity index is 2.42. The molecule has 0 heterocycles. The van der Waals surface area contributed by atoms with Crippen molar-refractivity contribution in [3.05, 3.63) is 24.3 Å². The summed E-state index contributed by atoms with van der Waals surface area (Å²) in [4.78, 5) is 10.7. The Morgan fingerprint density at radius 2 is 1.89 bits per heavy atom. The number of hydrogen-bond donors (Lipinski definition) is 2. The molecule has 0 bridgehead atoms. The lowest BCUT2D eigenvalue weighted by molar-refractivity contribution is -0.140. The third-order valence-electron chi connectivity index (χ3n) is 2.47. The average Bonchev–Trinajstić information content (AvgIpc) is 2.34. The standard InChI is InChI=1S/C14H21NO3/c1-10(2)9-18-13-6-4-12(5-7-13)15-8-11(3)14(16)17/h4-7,10-11,15H,8-9H2,1-3H3,(H,16,17). The average molecular weight is 251 g/mol. The highest BCUT2D eigenvalue weighted by Gasteiger charge is 2.09. The summed E-state index contributed by atoms with van der Waals surface area (Å²) in [6.07, 6.45) is 0. The third kappa shape index (κ3) is 5.08. The molecule has 4 nitrogen and oxygen atoms in total. The van der Waals surface area contributed by atoms with Crippen LogP contribution in [0.15, 0.2) is 24.3 Å². The molecule has 0 aromatic heterocycles. The van der Waals surface area contributed by atoms with Gasteiger partial charge in [0, 0.05) is 12.2 Å². The van der Waals surface area contributed by atoms with Crippen LogP contribution in [0, 0.1) is 11.8 Å². The minimum atomic E-state index is -0.792. The number of anilines is 1. The molecule has 1 aromatic carbocycles. The normalized spacial score (nSPS) is 12.2. The summed E-state index contributed by atoms with van der Waals surface area (Å²) in [5.74, 6) is 0.140. The maximum Gasteiger partial charge on any atom is 0.308 e. The molecule has 0 saturated carbocycles. The minimum Gasteiger partial charge on any atom is -0.493 e. The molecule has 0 radical (unpaired) electrons.